The summed E-state index contributed by atoms with van der Waals surface area (Å²) in [6.45, 7) is 0.159. The van der Waals surface area contributed by atoms with Crippen molar-refractivity contribution in [3.8, 4) is 5.75 Å². The van der Waals surface area contributed by atoms with E-state index in [0.717, 1.165) is 4.68 Å². The zero-order valence-corrected chi connectivity index (χ0v) is 16.3. The maximum absolute atomic E-state index is 13.2. The first-order chi connectivity index (χ1) is 14.5. The van der Waals surface area contributed by atoms with Crippen LogP contribution in [0.4, 0.5) is 4.39 Å². The fraction of sp³-hybridized carbons (Fsp3) is 0.0455. The number of rotatable bonds is 5. The van der Waals surface area contributed by atoms with Gasteiger partial charge < -0.3 is 9.72 Å². The van der Waals surface area contributed by atoms with E-state index in [4.69, 9.17) is 16.3 Å². The fourth-order valence-electron chi connectivity index (χ4n) is 2.88. The quantitative estimate of drug-likeness (QED) is 0.494. The van der Waals surface area contributed by atoms with Crippen molar-refractivity contribution in [3.63, 3.8) is 0 Å². The highest BCUT2D eigenvalue weighted by Gasteiger charge is 2.07. The highest BCUT2D eigenvalue weighted by Crippen LogP contribution is 2.26. The Morgan fingerprint density at radius 2 is 1.90 bits per heavy atom. The van der Waals surface area contributed by atoms with Crippen molar-refractivity contribution in [3.05, 3.63) is 110 Å². The van der Waals surface area contributed by atoms with E-state index in [-0.39, 0.29) is 12.4 Å². The minimum atomic E-state index is -0.643. The summed E-state index contributed by atoms with van der Waals surface area (Å²) in [5.74, 6) is 0.0754. The molecule has 0 bridgehead atoms. The summed E-state index contributed by atoms with van der Waals surface area (Å²) >= 11 is 6.25. The number of H-pyrrole nitrogens is 1. The van der Waals surface area contributed by atoms with Crippen LogP contribution in [0.15, 0.2) is 81.4 Å². The molecular weight excluding hydrogens is 409 g/mol. The van der Waals surface area contributed by atoms with Crippen LogP contribution in [0.3, 0.4) is 0 Å². The standard InChI is InChI=1S/C22H15ClFN3O3/c23-18-11-14(8-9-20(18)30-13-15-4-3-5-16(24)10-15)12-25-27-21(28)17-6-1-2-7-19(17)26-22(27)29/h1-12H,13H2,(H,26,29). The van der Waals surface area contributed by atoms with Crippen molar-refractivity contribution < 1.29 is 9.13 Å². The number of fused-ring (bicyclic) bond motifs is 1. The maximum Gasteiger partial charge on any atom is 0.349 e. The van der Waals surface area contributed by atoms with E-state index in [1.807, 2.05) is 0 Å². The third kappa shape index (κ3) is 4.16. The molecule has 0 saturated heterocycles. The highest BCUT2D eigenvalue weighted by atomic mass is 35.5. The molecule has 0 amide bonds. The first-order valence-corrected chi connectivity index (χ1v) is 9.34. The molecule has 30 heavy (non-hydrogen) atoms. The molecule has 6 nitrogen and oxygen atoms in total. The van der Waals surface area contributed by atoms with Crippen molar-refractivity contribution in [2.24, 2.45) is 5.10 Å². The predicted molar refractivity (Wildman–Crippen MR) is 114 cm³/mol. The number of hydrogen-bond acceptors (Lipinski definition) is 4. The summed E-state index contributed by atoms with van der Waals surface area (Å²) in [5, 5.41) is 4.66. The zero-order chi connectivity index (χ0) is 21.1. The second-order valence-electron chi connectivity index (χ2n) is 6.45. The second kappa shape index (κ2) is 8.34. The molecule has 4 aromatic rings. The minimum absolute atomic E-state index is 0.159. The Balaban J connectivity index is 1.55. The van der Waals surface area contributed by atoms with E-state index in [9.17, 15) is 14.0 Å². The number of ether oxygens (including phenoxy) is 1. The van der Waals surface area contributed by atoms with Crippen molar-refractivity contribution in [1.29, 1.82) is 0 Å². The van der Waals surface area contributed by atoms with Gasteiger partial charge in [-0.3, -0.25) is 4.79 Å². The molecule has 3 aromatic carbocycles. The lowest BCUT2D eigenvalue weighted by atomic mass is 10.2. The average molecular weight is 424 g/mol. The molecule has 0 aliphatic rings. The van der Waals surface area contributed by atoms with Gasteiger partial charge in [-0.1, -0.05) is 35.9 Å². The number of nitrogens with one attached hydrogen (secondary N) is 1. The molecule has 8 heteroatoms. The first kappa shape index (κ1) is 19.6. The Kier molecular flexibility index (Phi) is 5.45. The number of para-hydroxylation sites is 1. The van der Waals surface area contributed by atoms with E-state index in [1.54, 1.807) is 54.6 Å². The molecule has 1 aromatic heterocycles. The lowest BCUT2D eigenvalue weighted by Gasteiger charge is -2.09. The molecule has 0 aliphatic carbocycles. The maximum atomic E-state index is 13.2. The van der Waals surface area contributed by atoms with Crippen LogP contribution < -0.4 is 16.0 Å². The Labute approximate surface area is 174 Å². The van der Waals surface area contributed by atoms with Crippen LogP contribution in [0.25, 0.3) is 10.9 Å². The fourth-order valence-corrected chi connectivity index (χ4v) is 3.13. The Morgan fingerprint density at radius 3 is 2.70 bits per heavy atom. The van der Waals surface area contributed by atoms with E-state index in [0.29, 0.717) is 32.8 Å². The molecule has 0 fully saturated rings. The van der Waals surface area contributed by atoms with Gasteiger partial charge in [0.25, 0.3) is 5.56 Å². The van der Waals surface area contributed by atoms with E-state index < -0.39 is 11.2 Å². The third-order valence-corrected chi connectivity index (χ3v) is 4.64. The van der Waals surface area contributed by atoms with Gasteiger partial charge in [-0.15, -0.1) is 4.68 Å². The molecule has 0 radical (unpaired) electrons. The number of halogens is 2. The number of aromatic nitrogens is 2. The van der Waals surface area contributed by atoms with Gasteiger partial charge in [0.2, 0.25) is 0 Å². The lowest BCUT2D eigenvalue weighted by Crippen LogP contribution is -2.32. The Bertz CT molecular complexity index is 1380. The van der Waals surface area contributed by atoms with Crippen molar-refractivity contribution >= 4 is 28.7 Å². The van der Waals surface area contributed by atoms with E-state index in [2.05, 4.69) is 10.1 Å². The van der Waals surface area contributed by atoms with E-state index in [1.165, 1.54) is 18.3 Å². The van der Waals surface area contributed by atoms with Crippen LogP contribution in [-0.4, -0.2) is 15.9 Å². The monoisotopic (exact) mass is 423 g/mol. The molecule has 0 spiro atoms. The first-order valence-electron chi connectivity index (χ1n) is 8.96. The van der Waals surface area contributed by atoms with Crippen LogP contribution >= 0.6 is 11.6 Å². The summed E-state index contributed by atoms with van der Waals surface area (Å²) in [5.41, 5.74) is 0.522. The van der Waals surface area contributed by atoms with Crippen LogP contribution in [0, 0.1) is 5.82 Å². The SMILES string of the molecule is O=c1[nH]c2ccccc2c(=O)n1N=Cc1ccc(OCc2cccc(F)c2)c(Cl)c1. The minimum Gasteiger partial charge on any atom is -0.487 e. The molecule has 0 unspecified atom stereocenters. The third-order valence-electron chi connectivity index (χ3n) is 4.35. The van der Waals surface area contributed by atoms with Gasteiger partial charge in [-0.05, 0) is 53.6 Å². The predicted octanol–water partition coefficient (Wildman–Crippen LogP) is 3.94. The molecule has 1 N–H and O–H groups in total. The lowest BCUT2D eigenvalue weighted by molar-refractivity contribution is 0.306. The largest absolute Gasteiger partial charge is 0.487 e. The molecule has 150 valence electrons. The van der Waals surface area contributed by atoms with Gasteiger partial charge in [-0.2, -0.15) is 5.10 Å². The Hall–Kier alpha value is -3.71. The van der Waals surface area contributed by atoms with Gasteiger partial charge in [0.15, 0.2) is 0 Å². The van der Waals surface area contributed by atoms with Crippen LogP contribution in [0.1, 0.15) is 11.1 Å². The summed E-state index contributed by atoms with van der Waals surface area (Å²) < 4.78 is 19.6. The normalized spacial score (nSPS) is 11.3. The molecular formula is C22H15ClFN3O3. The molecule has 4 rings (SSSR count). The van der Waals surface area contributed by atoms with Crippen LogP contribution in [0.5, 0.6) is 5.75 Å². The summed E-state index contributed by atoms with van der Waals surface area (Å²) in [6.07, 6.45) is 1.35. The Morgan fingerprint density at radius 1 is 1.07 bits per heavy atom. The van der Waals surface area contributed by atoms with Gasteiger partial charge in [0.1, 0.15) is 18.2 Å². The van der Waals surface area contributed by atoms with Gasteiger partial charge in [0, 0.05) is 0 Å². The number of aromatic amines is 1. The van der Waals surface area contributed by atoms with Crippen LogP contribution in [0.2, 0.25) is 5.02 Å². The molecule has 0 atom stereocenters. The number of benzene rings is 3. The summed E-state index contributed by atoms with van der Waals surface area (Å²) in [6, 6.07) is 17.7. The number of nitrogens with zero attached hydrogens (tertiary/aromatic N) is 2. The molecule has 0 aliphatic heterocycles. The van der Waals surface area contributed by atoms with Gasteiger partial charge in [0.05, 0.1) is 22.1 Å². The van der Waals surface area contributed by atoms with Crippen molar-refractivity contribution in [1.82, 2.24) is 9.66 Å². The van der Waals surface area contributed by atoms with E-state index >= 15 is 0 Å². The highest BCUT2D eigenvalue weighted by molar-refractivity contribution is 6.32. The summed E-state index contributed by atoms with van der Waals surface area (Å²) in [7, 11) is 0. The van der Waals surface area contributed by atoms with Crippen LogP contribution in [-0.2, 0) is 6.61 Å². The van der Waals surface area contributed by atoms with Gasteiger partial charge in [-0.25, -0.2) is 9.18 Å². The summed E-state index contributed by atoms with van der Waals surface area (Å²) in [4.78, 5) is 27.3. The molecule has 0 saturated carbocycles. The average Bonchev–Trinajstić information content (AvgIpc) is 2.73. The van der Waals surface area contributed by atoms with Crippen molar-refractivity contribution in [2.75, 3.05) is 0 Å². The zero-order valence-electron chi connectivity index (χ0n) is 15.5. The topological polar surface area (TPSA) is 76.5 Å². The van der Waals surface area contributed by atoms with Gasteiger partial charge >= 0.3 is 5.69 Å². The number of hydrogen-bond donors (Lipinski definition) is 1. The van der Waals surface area contributed by atoms with Crippen molar-refractivity contribution in [2.45, 2.75) is 6.61 Å². The molecule has 1 heterocycles. The second-order valence-corrected chi connectivity index (χ2v) is 6.85. The smallest absolute Gasteiger partial charge is 0.349 e.